The smallest absolute Gasteiger partial charge is 0.253 e. The molecular weight excluding hydrogens is 486 g/mol. The zero-order valence-electron chi connectivity index (χ0n) is 22.4. The number of anilines is 1. The van der Waals surface area contributed by atoms with Crippen molar-refractivity contribution in [2.24, 2.45) is 0 Å². The third-order valence-corrected chi connectivity index (χ3v) is 7.70. The monoisotopic (exact) mass is 519 g/mol. The minimum Gasteiger partial charge on any atom is -0.369 e. The zero-order chi connectivity index (χ0) is 26.8. The van der Waals surface area contributed by atoms with Crippen LogP contribution in [0.5, 0.6) is 0 Å². The van der Waals surface area contributed by atoms with Crippen molar-refractivity contribution < 1.29 is 0 Å². The second-order valence-corrected chi connectivity index (χ2v) is 10.4. The second-order valence-electron chi connectivity index (χ2n) is 10.4. The SMILES string of the molecule is Cc1cc(C)c2cc(C(c3nnnn3CCc3ccccc3)N3CCN(c4ccccc4)CC3)c(=O)[nH]c2c1. The van der Waals surface area contributed by atoms with Gasteiger partial charge in [-0.25, -0.2) is 4.68 Å². The van der Waals surface area contributed by atoms with Gasteiger partial charge in [-0.05, 0) is 71.7 Å². The van der Waals surface area contributed by atoms with Crippen LogP contribution in [0.2, 0.25) is 0 Å². The molecule has 6 rings (SSSR count). The van der Waals surface area contributed by atoms with Crippen LogP contribution in [0.3, 0.4) is 0 Å². The van der Waals surface area contributed by atoms with E-state index in [1.54, 1.807) is 0 Å². The molecule has 1 atom stereocenters. The summed E-state index contributed by atoms with van der Waals surface area (Å²) in [6.45, 7) is 8.07. The molecule has 0 bridgehead atoms. The summed E-state index contributed by atoms with van der Waals surface area (Å²) in [7, 11) is 0. The standard InChI is InChI=1S/C31H33N7O/c1-22-19-23(2)26-21-27(31(39)32-28(26)20-22)29(37-17-15-36(16-18-37)25-11-7-4-8-12-25)30-33-34-35-38(30)14-13-24-9-5-3-6-10-24/h3-12,19-21,29H,13-18H2,1-2H3,(H,32,39). The quantitative estimate of drug-likeness (QED) is 0.346. The molecule has 1 unspecified atom stereocenters. The van der Waals surface area contributed by atoms with Gasteiger partial charge in [0.2, 0.25) is 0 Å². The van der Waals surface area contributed by atoms with Gasteiger partial charge in [0, 0.05) is 54.9 Å². The van der Waals surface area contributed by atoms with Gasteiger partial charge in [0.15, 0.2) is 5.82 Å². The molecule has 0 radical (unpaired) electrons. The molecule has 1 aliphatic heterocycles. The van der Waals surface area contributed by atoms with Crippen molar-refractivity contribution in [1.82, 2.24) is 30.1 Å². The van der Waals surface area contributed by atoms with Crippen LogP contribution in [0.1, 0.15) is 34.1 Å². The summed E-state index contributed by atoms with van der Waals surface area (Å²) in [6, 6.07) is 26.7. The van der Waals surface area contributed by atoms with Gasteiger partial charge >= 0.3 is 0 Å². The number of nitrogens with one attached hydrogen (secondary N) is 1. The zero-order valence-corrected chi connectivity index (χ0v) is 22.4. The first-order chi connectivity index (χ1) is 19.1. The Morgan fingerprint density at radius 1 is 0.897 bits per heavy atom. The molecule has 1 fully saturated rings. The number of hydrogen-bond acceptors (Lipinski definition) is 6. The molecule has 0 amide bonds. The third-order valence-electron chi connectivity index (χ3n) is 7.70. The Morgan fingerprint density at radius 3 is 2.36 bits per heavy atom. The van der Waals surface area contributed by atoms with Gasteiger partial charge in [0.25, 0.3) is 5.56 Å². The van der Waals surface area contributed by atoms with E-state index < -0.39 is 0 Å². The summed E-state index contributed by atoms with van der Waals surface area (Å²) in [5, 5.41) is 14.0. The van der Waals surface area contributed by atoms with Crippen LogP contribution in [-0.2, 0) is 13.0 Å². The molecule has 8 heteroatoms. The fraction of sp³-hybridized carbons (Fsp3) is 0.290. The van der Waals surface area contributed by atoms with Crippen LogP contribution in [0, 0.1) is 13.8 Å². The van der Waals surface area contributed by atoms with Crippen LogP contribution >= 0.6 is 0 Å². The summed E-state index contributed by atoms with van der Waals surface area (Å²) in [6.07, 6.45) is 0.805. The molecule has 39 heavy (non-hydrogen) atoms. The second kappa shape index (κ2) is 10.8. The van der Waals surface area contributed by atoms with Crippen molar-refractivity contribution in [1.29, 1.82) is 0 Å². The van der Waals surface area contributed by atoms with E-state index in [-0.39, 0.29) is 11.6 Å². The molecule has 3 aromatic carbocycles. The maximum Gasteiger partial charge on any atom is 0.253 e. The van der Waals surface area contributed by atoms with Crippen molar-refractivity contribution >= 4 is 16.6 Å². The maximum atomic E-state index is 13.6. The molecule has 0 spiro atoms. The molecule has 198 valence electrons. The number of para-hydroxylation sites is 1. The van der Waals surface area contributed by atoms with Crippen LogP contribution < -0.4 is 10.5 Å². The van der Waals surface area contributed by atoms with Gasteiger partial charge in [0.1, 0.15) is 6.04 Å². The normalized spacial score (nSPS) is 15.1. The molecule has 0 aliphatic carbocycles. The fourth-order valence-corrected chi connectivity index (χ4v) is 5.71. The minimum absolute atomic E-state index is 0.0967. The van der Waals surface area contributed by atoms with Crippen LogP contribution in [0.4, 0.5) is 5.69 Å². The molecule has 5 aromatic rings. The molecule has 3 heterocycles. The average molecular weight is 520 g/mol. The number of H-pyrrole nitrogens is 1. The van der Waals surface area contributed by atoms with Gasteiger partial charge < -0.3 is 9.88 Å². The van der Waals surface area contributed by atoms with Crippen molar-refractivity contribution in [3.8, 4) is 0 Å². The average Bonchev–Trinajstić information content (AvgIpc) is 3.42. The van der Waals surface area contributed by atoms with E-state index in [2.05, 4.69) is 86.6 Å². The topological polar surface area (TPSA) is 82.9 Å². The maximum absolute atomic E-state index is 13.6. The lowest BCUT2D eigenvalue weighted by Gasteiger charge is -2.39. The minimum atomic E-state index is -0.359. The van der Waals surface area contributed by atoms with E-state index in [0.717, 1.165) is 54.6 Å². The lowest BCUT2D eigenvalue weighted by Crippen LogP contribution is -2.49. The molecule has 0 saturated carbocycles. The molecule has 1 N–H and O–H groups in total. The highest BCUT2D eigenvalue weighted by Gasteiger charge is 2.33. The van der Waals surface area contributed by atoms with E-state index in [9.17, 15) is 4.79 Å². The van der Waals surface area contributed by atoms with Gasteiger partial charge in [-0.1, -0.05) is 54.6 Å². The number of piperazine rings is 1. The van der Waals surface area contributed by atoms with Gasteiger partial charge in [-0.15, -0.1) is 5.10 Å². The van der Waals surface area contributed by atoms with Crippen molar-refractivity contribution in [3.05, 3.63) is 117 Å². The Bertz CT molecular complexity index is 1620. The predicted octanol–water partition coefficient (Wildman–Crippen LogP) is 4.29. The number of aromatic nitrogens is 5. The van der Waals surface area contributed by atoms with E-state index in [1.165, 1.54) is 11.3 Å². The number of nitrogens with zero attached hydrogens (tertiary/aromatic N) is 6. The summed E-state index contributed by atoms with van der Waals surface area (Å²) < 4.78 is 1.87. The van der Waals surface area contributed by atoms with Gasteiger partial charge in [-0.2, -0.15) is 0 Å². The Hall–Kier alpha value is -4.30. The lowest BCUT2D eigenvalue weighted by molar-refractivity contribution is 0.199. The van der Waals surface area contributed by atoms with E-state index in [0.29, 0.717) is 17.9 Å². The highest BCUT2D eigenvalue weighted by molar-refractivity contribution is 5.83. The first-order valence-electron chi connectivity index (χ1n) is 13.5. The Morgan fingerprint density at radius 2 is 1.62 bits per heavy atom. The summed E-state index contributed by atoms with van der Waals surface area (Å²) in [4.78, 5) is 21.5. The number of benzene rings is 3. The van der Waals surface area contributed by atoms with E-state index >= 15 is 0 Å². The fourth-order valence-electron chi connectivity index (χ4n) is 5.71. The first kappa shape index (κ1) is 25.0. The summed E-state index contributed by atoms with van der Waals surface area (Å²) in [5.41, 5.74) is 6.15. The molecule has 2 aromatic heterocycles. The highest BCUT2D eigenvalue weighted by atomic mass is 16.1. The Balaban J connectivity index is 1.37. The van der Waals surface area contributed by atoms with E-state index in [4.69, 9.17) is 0 Å². The number of rotatable bonds is 7. The first-order valence-corrected chi connectivity index (χ1v) is 13.5. The van der Waals surface area contributed by atoms with Gasteiger partial charge in [-0.3, -0.25) is 9.69 Å². The number of fused-ring (bicyclic) bond motifs is 1. The predicted molar refractivity (Wildman–Crippen MR) is 154 cm³/mol. The summed E-state index contributed by atoms with van der Waals surface area (Å²) >= 11 is 0. The molecule has 1 saturated heterocycles. The van der Waals surface area contributed by atoms with Gasteiger partial charge in [0.05, 0.1) is 0 Å². The number of aryl methyl sites for hydroxylation is 4. The highest BCUT2D eigenvalue weighted by Crippen LogP contribution is 2.30. The number of hydrogen-bond donors (Lipinski definition) is 1. The number of pyridine rings is 1. The largest absolute Gasteiger partial charge is 0.369 e. The van der Waals surface area contributed by atoms with Crippen molar-refractivity contribution in [2.75, 3.05) is 31.1 Å². The number of tetrazole rings is 1. The van der Waals surface area contributed by atoms with Crippen LogP contribution in [0.15, 0.2) is 83.7 Å². The van der Waals surface area contributed by atoms with Crippen molar-refractivity contribution in [2.45, 2.75) is 32.9 Å². The van der Waals surface area contributed by atoms with Crippen molar-refractivity contribution in [3.63, 3.8) is 0 Å². The lowest BCUT2D eigenvalue weighted by atomic mass is 9.99. The third kappa shape index (κ3) is 5.20. The van der Waals surface area contributed by atoms with E-state index in [1.807, 2.05) is 41.1 Å². The Labute approximate surface area is 227 Å². The molecular formula is C31H33N7O. The Kier molecular flexibility index (Phi) is 6.94. The number of aromatic amines is 1. The van der Waals surface area contributed by atoms with Crippen LogP contribution in [-0.4, -0.2) is 56.3 Å². The van der Waals surface area contributed by atoms with Crippen LogP contribution in [0.25, 0.3) is 10.9 Å². The summed E-state index contributed by atoms with van der Waals surface area (Å²) in [5.74, 6) is 0.703. The molecule has 1 aliphatic rings. The molecule has 8 nitrogen and oxygen atoms in total.